The largest absolute Gasteiger partial charge is 0.423 e. The predicted molar refractivity (Wildman–Crippen MR) is 61.4 cm³/mol. The summed E-state index contributed by atoms with van der Waals surface area (Å²) in [5.74, 6) is 0.327. The fourth-order valence-corrected chi connectivity index (χ4v) is 1.83. The molecule has 2 aromatic rings. The molecule has 1 heterocycles. The Morgan fingerprint density at radius 1 is 1.33 bits per heavy atom. The monoisotopic (exact) mass is 222 g/mol. The normalized spacial score (nSPS) is 10.8. The average molecular weight is 223 g/mol. The minimum Gasteiger partial charge on any atom is -0.423 e. The van der Waals surface area contributed by atoms with Crippen LogP contribution in [0.4, 0.5) is 0 Å². The molecule has 0 aliphatic carbocycles. The number of rotatable bonds is 2. The Morgan fingerprint density at radius 3 is 2.80 bits per heavy atom. The van der Waals surface area contributed by atoms with Crippen molar-refractivity contribution >= 4 is 22.6 Å². The van der Waals surface area contributed by atoms with E-state index < -0.39 is 0 Å². The van der Waals surface area contributed by atoms with Crippen molar-refractivity contribution < 1.29 is 4.42 Å². The number of hydrogen-bond acceptors (Lipinski definition) is 2. The van der Waals surface area contributed by atoms with Crippen molar-refractivity contribution in [3.05, 3.63) is 45.8 Å². The maximum absolute atomic E-state index is 11.2. The fraction of sp³-hybridized carbons (Fsp3) is 0.250. The maximum atomic E-state index is 11.2. The Balaban J connectivity index is 2.78. The van der Waals surface area contributed by atoms with Gasteiger partial charge in [0.25, 0.3) is 0 Å². The van der Waals surface area contributed by atoms with Crippen molar-refractivity contribution in [1.29, 1.82) is 0 Å². The van der Waals surface area contributed by atoms with Gasteiger partial charge in [0, 0.05) is 17.3 Å². The van der Waals surface area contributed by atoms with E-state index in [1.54, 1.807) is 0 Å². The Labute approximate surface area is 92.5 Å². The van der Waals surface area contributed by atoms with E-state index in [1.807, 2.05) is 18.2 Å². The van der Waals surface area contributed by atoms with Gasteiger partial charge in [-0.1, -0.05) is 19.1 Å². The average Bonchev–Trinajstić information content (AvgIpc) is 2.26. The van der Waals surface area contributed by atoms with Crippen LogP contribution in [0.1, 0.15) is 18.1 Å². The van der Waals surface area contributed by atoms with Crippen LogP contribution in [0.5, 0.6) is 0 Å². The molecule has 78 valence electrons. The van der Waals surface area contributed by atoms with Crippen molar-refractivity contribution in [2.75, 3.05) is 0 Å². The molecule has 1 aromatic carbocycles. The third kappa shape index (κ3) is 1.90. The van der Waals surface area contributed by atoms with E-state index in [0.29, 0.717) is 11.5 Å². The maximum Gasteiger partial charge on any atom is 0.336 e. The van der Waals surface area contributed by atoms with Crippen molar-refractivity contribution in [3.8, 4) is 0 Å². The standard InChI is InChI=1S/C12H11ClO2/c1-2-8-3-4-10-9(7-13)6-12(14)15-11(10)5-8/h3-6H,2,7H2,1H3. The molecular weight excluding hydrogens is 212 g/mol. The van der Waals surface area contributed by atoms with E-state index in [9.17, 15) is 4.79 Å². The van der Waals surface area contributed by atoms with Gasteiger partial charge in [-0.15, -0.1) is 11.6 Å². The van der Waals surface area contributed by atoms with Crippen LogP contribution in [0.3, 0.4) is 0 Å². The van der Waals surface area contributed by atoms with Crippen molar-refractivity contribution in [2.24, 2.45) is 0 Å². The van der Waals surface area contributed by atoms with E-state index in [0.717, 1.165) is 22.9 Å². The quantitative estimate of drug-likeness (QED) is 0.577. The van der Waals surface area contributed by atoms with Crippen LogP contribution in [0, 0.1) is 0 Å². The zero-order chi connectivity index (χ0) is 10.8. The molecule has 2 nitrogen and oxygen atoms in total. The molecule has 0 aliphatic heterocycles. The van der Waals surface area contributed by atoms with E-state index in [1.165, 1.54) is 6.07 Å². The SMILES string of the molecule is CCc1ccc2c(CCl)cc(=O)oc2c1. The molecule has 0 spiro atoms. The van der Waals surface area contributed by atoms with Gasteiger partial charge in [-0.25, -0.2) is 4.79 Å². The number of hydrogen-bond donors (Lipinski definition) is 0. The van der Waals surface area contributed by atoms with Crippen LogP contribution in [-0.2, 0) is 12.3 Å². The lowest BCUT2D eigenvalue weighted by atomic mass is 10.1. The van der Waals surface area contributed by atoms with Gasteiger partial charge in [-0.05, 0) is 23.6 Å². The molecule has 0 radical (unpaired) electrons. The summed E-state index contributed by atoms with van der Waals surface area (Å²) in [5.41, 5.74) is 2.26. The van der Waals surface area contributed by atoms with Gasteiger partial charge >= 0.3 is 5.63 Å². The zero-order valence-corrected chi connectivity index (χ0v) is 9.17. The third-order valence-corrected chi connectivity index (χ3v) is 2.73. The predicted octanol–water partition coefficient (Wildman–Crippen LogP) is 3.09. The topological polar surface area (TPSA) is 30.2 Å². The summed E-state index contributed by atoms with van der Waals surface area (Å²) in [5, 5.41) is 0.918. The van der Waals surface area contributed by atoms with Gasteiger partial charge < -0.3 is 4.42 Å². The summed E-state index contributed by atoms with van der Waals surface area (Å²) >= 11 is 5.77. The minimum atomic E-state index is -0.341. The molecule has 0 atom stereocenters. The van der Waals surface area contributed by atoms with Gasteiger partial charge in [0.1, 0.15) is 5.58 Å². The van der Waals surface area contributed by atoms with Crippen molar-refractivity contribution in [3.63, 3.8) is 0 Å². The Bertz CT molecular complexity index is 543. The Hall–Kier alpha value is -1.28. The summed E-state index contributed by atoms with van der Waals surface area (Å²) in [6.45, 7) is 2.06. The molecule has 0 saturated carbocycles. The molecule has 2 rings (SSSR count). The first-order valence-electron chi connectivity index (χ1n) is 4.86. The highest BCUT2D eigenvalue weighted by atomic mass is 35.5. The summed E-state index contributed by atoms with van der Waals surface area (Å²) in [6, 6.07) is 7.32. The van der Waals surface area contributed by atoms with Gasteiger partial charge in [0.05, 0.1) is 0 Å². The Morgan fingerprint density at radius 2 is 2.13 bits per heavy atom. The summed E-state index contributed by atoms with van der Waals surface area (Å²) in [4.78, 5) is 11.2. The number of fused-ring (bicyclic) bond motifs is 1. The van der Waals surface area contributed by atoms with Gasteiger partial charge in [0.2, 0.25) is 0 Å². The molecule has 0 amide bonds. The number of alkyl halides is 1. The first-order chi connectivity index (χ1) is 7.24. The van der Waals surface area contributed by atoms with Crippen LogP contribution in [-0.4, -0.2) is 0 Å². The Kier molecular flexibility index (Phi) is 2.78. The first-order valence-corrected chi connectivity index (χ1v) is 5.39. The second-order valence-corrected chi connectivity index (χ2v) is 3.68. The molecule has 15 heavy (non-hydrogen) atoms. The van der Waals surface area contributed by atoms with Crippen LogP contribution in [0.15, 0.2) is 33.5 Å². The van der Waals surface area contributed by atoms with Gasteiger partial charge in [0.15, 0.2) is 0 Å². The summed E-state index contributed by atoms with van der Waals surface area (Å²) < 4.78 is 5.13. The molecular formula is C12H11ClO2. The highest BCUT2D eigenvalue weighted by Gasteiger charge is 2.04. The lowest BCUT2D eigenvalue weighted by Gasteiger charge is -2.03. The second-order valence-electron chi connectivity index (χ2n) is 3.41. The van der Waals surface area contributed by atoms with Crippen molar-refractivity contribution in [2.45, 2.75) is 19.2 Å². The highest BCUT2D eigenvalue weighted by Crippen LogP contribution is 2.20. The van der Waals surface area contributed by atoms with Crippen LogP contribution < -0.4 is 5.63 Å². The molecule has 0 fully saturated rings. The van der Waals surface area contributed by atoms with E-state index >= 15 is 0 Å². The summed E-state index contributed by atoms with van der Waals surface area (Å²) in [6.07, 6.45) is 0.921. The zero-order valence-electron chi connectivity index (χ0n) is 8.42. The third-order valence-electron chi connectivity index (χ3n) is 2.45. The summed E-state index contributed by atoms with van der Waals surface area (Å²) in [7, 11) is 0. The second kappa shape index (κ2) is 4.07. The molecule has 0 bridgehead atoms. The molecule has 0 aliphatic rings. The molecule has 0 saturated heterocycles. The molecule has 0 N–H and O–H groups in total. The van der Waals surface area contributed by atoms with E-state index in [2.05, 4.69) is 6.92 Å². The van der Waals surface area contributed by atoms with Crippen LogP contribution in [0.2, 0.25) is 0 Å². The molecule has 3 heteroatoms. The van der Waals surface area contributed by atoms with E-state index in [4.69, 9.17) is 16.0 Å². The fourth-order valence-electron chi connectivity index (χ4n) is 1.60. The minimum absolute atomic E-state index is 0.327. The lowest BCUT2D eigenvalue weighted by molar-refractivity contribution is 0.559. The molecule has 1 aromatic heterocycles. The van der Waals surface area contributed by atoms with Gasteiger partial charge in [-0.2, -0.15) is 0 Å². The van der Waals surface area contributed by atoms with E-state index in [-0.39, 0.29) is 5.63 Å². The van der Waals surface area contributed by atoms with Crippen LogP contribution >= 0.6 is 11.6 Å². The molecule has 0 unspecified atom stereocenters. The van der Waals surface area contributed by atoms with Crippen LogP contribution in [0.25, 0.3) is 11.0 Å². The number of benzene rings is 1. The van der Waals surface area contributed by atoms with Gasteiger partial charge in [-0.3, -0.25) is 0 Å². The number of aryl methyl sites for hydroxylation is 1. The number of halogens is 1. The lowest BCUT2D eigenvalue weighted by Crippen LogP contribution is -1.99. The van der Waals surface area contributed by atoms with Crippen molar-refractivity contribution in [1.82, 2.24) is 0 Å². The highest BCUT2D eigenvalue weighted by molar-refractivity contribution is 6.17. The first kappa shape index (κ1) is 10.2. The smallest absolute Gasteiger partial charge is 0.336 e.